The molecule has 1 saturated carbocycles. The molecule has 1 N–H and O–H groups in total. The Morgan fingerprint density at radius 2 is 2.00 bits per heavy atom. The van der Waals surface area contributed by atoms with E-state index in [2.05, 4.69) is 17.1 Å². The van der Waals surface area contributed by atoms with Crippen LogP contribution in [0.3, 0.4) is 0 Å². The molecule has 1 amide bonds. The van der Waals surface area contributed by atoms with Gasteiger partial charge in [0.2, 0.25) is 5.91 Å². The lowest BCUT2D eigenvalue weighted by Gasteiger charge is -2.39. The second-order valence-corrected chi connectivity index (χ2v) is 6.44. The highest BCUT2D eigenvalue weighted by atomic mass is 16.2. The predicted octanol–water partition coefficient (Wildman–Crippen LogP) is 2.80. The molecule has 0 bridgehead atoms. The molecule has 0 radical (unpaired) electrons. The molecular weight excluding hydrogens is 236 g/mol. The Morgan fingerprint density at radius 3 is 2.58 bits per heavy atom. The van der Waals surface area contributed by atoms with Crippen molar-refractivity contribution in [1.29, 1.82) is 0 Å². The first-order chi connectivity index (χ1) is 9.22. The minimum Gasteiger partial charge on any atom is -0.341 e. The number of piperidine rings is 1. The molecule has 1 heterocycles. The summed E-state index contributed by atoms with van der Waals surface area (Å²) in [7, 11) is 0. The van der Waals surface area contributed by atoms with Crippen molar-refractivity contribution < 1.29 is 4.79 Å². The van der Waals surface area contributed by atoms with Crippen LogP contribution in [0.1, 0.15) is 58.8 Å². The first kappa shape index (κ1) is 14.8. The van der Waals surface area contributed by atoms with Crippen molar-refractivity contribution >= 4 is 5.91 Å². The van der Waals surface area contributed by atoms with Gasteiger partial charge in [-0.3, -0.25) is 4.79 Å². The molecule has 1 aliphatic heterocycles. The molecule has 110 valence electrons. The third-order valence-electron chi connectivity index (χ3n) is 4.81. The smallest absolute Gasteiger partial charge is 0.222 e. The summed E-state index contributed by atoms with van der Waals surface area (Å²) in [5.74, 6) is 1.94. The molecule has 2 aliphatic rings. The molecule has 1 saturated heterocycles. The standard InChI is InChI=1S/C16H30N2O/c1-3-6-14-9-15(17-10-13-7-5-8-13)12-18(11-14)16(19)4-2/h13-15,17H,3-12H2,1-2H3. The molecule has 2 unspecified atom stereocenters. The Balaban J connectivity index is 1.83. The second kappa shape index (κ2) is 7.28. The van der Waals surface area contributed by atoms with Crippen LogP contribution in [0.2, 0.25) is 0 Å². The van der Waals surface area contributed by atoms with Gasteiger partial charge in [-0.1, -0.05) is 26.7 Å². The maximum atomic E-state index is 12.0. The van der Waals surface area contributed by atoms with Crippen molar-refractivity contribution in [2.24, 2.45) is 11.8 Å². The van der Waals surface area contributed by atoms with Gasteiger partial charge in [-0.05, 0) is 44.1 Å². The lowest BCUT2D eigenvalue weighted by Crippen LogP contribution is -2.52. The van der Waals surface area contributed by atoms with E-state index in [9.17, 15) is 4.79 Å². The van der Waals surface area contributed by atoms with Gasteiger partial charge in [-0.2, -0.15) is 0 Å². The number of nitrogens with zero attached hydrogens (tertiary/aromatic N) is 1. The van der Waals surface area contributed by atoms with Crippen molar-refractivity contribution in [3.05, 3.63) is 0 Å². The lowest BCUT2D eigenvalue weighted by atomic mass is 9.84. The van der Waals surface area contributed by atoms with Crippen LogP contribution in [-0.4, -0.2) is 36.5 Å². The second-order valence-electron chi connectivity index (χ2n) is 6.44. The Hall–Kier alpha value is -0.570. The zero-order valence-electron chi connectivity index (χ0n) is 12.7. The highest BCUT2D eigenvalue weighted by molar-refractivity contribution is 5.76. The minimum atomic E-state index is 0.330. The quantitative estimate of drug-likeness (QED) is 0.802. The molecule has 3 nitrogen and oxygen atoms in total. The lowest BCUT2D eigenvalue weighted by molar-refractivity contribution is -0.133. The van der Waals surface area contributed by atoms with Crippen LogP contribution in [0.4, 0.5) is 0 Å². The first-order valence-corrected chi connectivity index (χ1v) is 8.24. The third kappa shape index (κ3) is 4.20. The van der Waals surface area contributed by atoms with Crippen LogP contribution in [0.5, 0.6) is 0 Å². The SMILES string of the molecule is CCCC1CC(NCC2CCC2)CN(C(=O)CC)C1. The van der Waals surface area contributed by atoms with Crippen molar-refractivity contribution in [1.82, 2.24) is 10.2 Å². The summed E-state index contributed by atoms with van der Waals surface area (Å²) in [6.07, 6.45) is 8.60. The van der Waals surface area contributed by atoms with Gasteiger partial charge in [0.1, 0.15) is 0 Å². The Morgan fingerprint density at radius 1 is 1.21 bits per heavy atom. The number of amides is 1. The molecule has 2 fully saturated rings. The first-order valence-electron chi connectivity index (χ1n) is 8.24. The van der Waals surface area contributed by atoms with Crippen LogP contribution < -0.4 is 5.32 Å². The van der Waals surface area contributed by atoms with E-state index >= 15 is 0 Å². The topological polar surface area (TPSA) is 32.3 Å². The van der Waals surface area contributed by atoms with Gasteiger partial charge >= 0.3 is 0 Å². The zero-order chi connectivity index (χ0) is 13.7. The van der Waals surface area contributed by atoms with Gasteiger partial charge in [-0.15, -0.1) is 0 Å². The van der Waals surface area contributed by atoms with Crippen molar-refractivity contribution in [3.8, 4) is 0 Å². The Kier molecular flexibility index (Phi) is 5.68. The average molecular weight is 266 g/mol. The number of hydrogen-bond acceptors (Lipinski definition) is 2. The number of hydrogen-bond donors (Lipinski definition) is 1. The van der Waals surface area contributed by atoms with Gasteiger partial charge < -0.3 is 10.2 Å². The maximum absolute atomic E-state index is 12.0. The molecule has 0 aromatic heterocycles. The third-order valence-corrected chi connectivity index (χ3v) is 4.81. The number of rotatable bonds is 6. The molecule has 2 rings (SSSR count). The van der Waals surface area contributed by atoms with Crippen LogP contribution in [0.25, 0.3) is 0 Å². The summed E-state index contributed by atoms with van der Waals surface area (Å²) in [4.78, 5) is 14.1. The van der Waals surface area contributed by atoms with Gasteiger partial charge in [0.25, 0.3) is 0 Å². The molecular formula is C16H30N2O. The zero-order valence-corrected chi connectivity index (χ0v) is 12.7. The fraction of sp³-hybridized carbons (Fsp3) is 0.938. The molecule has 3 heteroatoms. The number of likely N-dealkylation sites (tertiary alicyclic amines) is 1. The van der Waals surface area contributed by atoms with Crippen LogP contribution in [0, 0.1) is 11.8 Å². The fourth-order valence-electron chi connectivity index (χ4n) is 3.43. The van der Waals surface area contributed by atoms with Gasteiger partial charge in [0, 0.05) is 25.6 Å². The Labute approximate surface area is 118 Å². The molecule has 0 aromatic rings. The normalized spacial score (nSPS) is 28.2. The highest BCUT2D eigenvalue weighted by Gasteiger charge is 2.29. The van der Waals surface area contributed by atoms with E-state index in [1.807, 2.05) is 6.92 Å². The van der Waals surface area contributed by atoms with E-state index in [1.165, 1.54) is 38.5 Å². The van der Waals surface area contributed by atoms with E-state index in [4.69, 9.17) is 0 Å². The highest BCUT2D eigenvalue weighted by Crippen LogP contribution is 2.27. The molecule has 1 aliphatic carbocycles. The monoisotopic (exact) mass is 266 g/mol. The summed E-state index contributed by atoms with van der Waals surface area (Å²) in [6, 6.07) is 0.529. The summed E-state index contributed by atoms with van der Waals surface area (Å²) in [5.41, 5.74) is 0. The van der Waals surface area contributed by atoms with E-state index in [0.717, 1.165) is 25.6 Å². The van der Waals surface area contributed by atoms with Crippen LogP contribution >= 0.6 is 0 Å². The van der Waals surface area contributed by atoms with Crippen LogP contribution in [-0.2, 0) is 4.79 Å². The molecule has 0 aromatic carbocycles. The van der Waals surface area contributed by atoms with E-state index in [1.54, 1.807) is 0 Å². The average Bonchev–Trinajstić information content (AvgIpc) is 2.36. The van der Waals surface area contributed by atoms with E-state index < -0.39 is 0 Å². The maximum Gasteiger partial charge on any atom is 0.222 e. The summed E-state index contributed by atoms with van der Waals surface area (Å²) < 4.78 is 0. The summed E-state index contributed by atoms with van der Waals surface area (Å²) in [5, 5.41) is 3.73. The van der Waals surface area contributed by atoms with E-state index in [-0.39, 0.29) is 0 Å². The number of carbonyl (C=O) groups excluding carboxylic acids is 1. The molecule has 19 heavy (non-hydrogen) atoms. The van der Waals surface area contributed by atoms with Crippen molar-refractivity contribution in [2.45, 2.75) is 64.8 Å². The molecule has 2 atom stereocenters. The van der Waals surface area contributed by atoms with Gasteiger partial charge in [0.05, 0.1) is 0 Å². The predicted molar refractivity (Wildman–Crippen MR) is 79.0 cm³/mol. The number of nitrogens with one attached hydrogen (secondary N) is 1. The van der Waals surface area contributed by atoms with Gasteiger partial charge in [0.15, 0.2) is 0 Å². The van der Waals surface area contributed by atoms with Crippen LogP contribution in [0.15, 0.2) is 0 Å². The number of carbonyl (C=O) groups is 1. The Bertz CT molecular complexity index is 288. The minimum absolute atomic E-state index is 0.330. The summed E-state index contributed by atoms with van der Waals surface area (Å²) in [6.45, 7) is 7.30. The van der Waals surface area contributed by atoms with E-state index in [0.29, 0.717) is 24.3 Å². The van der Waals surface area contributed by atoms with Crippen molar-refractivity contribution in [2.75, 3.05) is 19.6 Å². The fourth-order valence-corrected chi connectivity index (χ4v) is 3.43. The van der Waals surface area contributed by atoms with Gasteiger partial charge in [-0.25, -0.2) is 0 Å². The molecule has 0 spiro atoms. The van der Waals surface area contributed by atoms with Crippen molar-refractivity contribution in [3.63, 3.8) is 0 Å². The summed E-state index contributed by atoms with van der Waals surface area (Å²) >= 11 is 0. The largest absolute Gasteiger partial charge is 0.341 e.